The van der Waals surface area contributed by atoms with Gasteiger partial charge < -0.3 is 10.1 Å². The van der Waals surface area contributed by atoms with E-state index in [-0.39, 0.29) is 23.3 Å². The molecule has 2 aromatic carbocycles. The highest BCUT2D eigenvalue weighted by Crippen LogP contribution is 2.25. The van der Waals surface area contributed by atoms with Gasteiger partial charge in [0.25, 0.3) is 0 Å². The van der Waals surface area contributed by atoms with E-state index in [0.29, 0.717) is 17.7 Å². The normalized spacial score (nSPS) is 12.7. The third-order valence-corrected chi connectivity index (χ3v) is 6.74. The molecule has 0 aliphatic carbocycles. The molecule has 1 amide bonds. The number of carbonyl (C=O) groups excluding carboxylic acids is 1. The minimum absolute atomic E-state index is 0.0960. The number of nitrogens with zero attached hydrogens (tertiary/aromatic N) is 1. The van der Waals surface area contributed by atoms with Gasteiger partial charge in [0.1, 0.15) is 5.75 Å². The summed E-state index contributed by atoms with van der Waals surface area (Å²) in [5, 5.41) is 3.03. The molecule has 1 atom stereocenters. The Kier molecular flexibility index (Phi) is 7.43. The SMILES string of the molecule is COc1ccc(S(=O)(=O)N(C)C)cc1CCC(=O)N[C@@H](C)c1cc(C)ccc1C. The van der Waals surface area contributed by atoms with Gasteiger partial charge in [0.2, 0.25) is 15.9 Å². The largest absolute Gasteiger partial charge is 0.496 e. The maximum absolute atomic E-state index is 12.5. The van der Waals surface area contributed by atoms with Crippen LogP contribution in [-0.4, -0.2) is 39.8 Å². The lowest BCUT2D eigenvalue weighted by Crippen LogP contribution is -2.27. The highest BCUT2D eigenvalue weighted by atomic mass is 32.2. The lowest BCUT2D eigenvalue weighted by Gasteiger charge is -2.18. The highest BCUT2D eigenvalue weighted by Gasteiger charge is 2.20. The van der Waals surface area contributed by atoms with E-state index in [1.54, 1.807) is 12.1 Å². The molecule has 0 spiro atoms. The van der Waals surface area contributed by atoms with Gasteiger partial charge in [-0.05, 0) is 62.1 Å². The molecule has 0 aliphatic heterocycles. The lowest BCUT2D eigenvalue weighted by molar-refractivity contribution is -0.121. The Morgan fingerprint density at radius 1 is 1.14 bits per heavy atom. The average molecular weight is 419 g/mol. The zero-order chi connectivity index (χ0) is 21.8. The number of hydrogen-bond donors (Lipinski definition) is 1. The average Bonchev–Trinajstić information content (AvgIpc) is 2.67. The summed E-state index contributed by atoms with van der Waals surface area (Å²) in [7, 11) is 0.955. The molecular weight excluding hydrogens is 388 g/mol. The molecule has 7 heteroatoms. The van der Waals surface area contributed by atoms with Crippen LogP contribution in [0, 0.1) is 13.8 Å². The van der Waals surface area contributed by atoms with Crippen molar-refractivity contribution in [3.63, 3.8) is 0 Å². The quantitative estimate of drug-likeness (QED) is 0.713. The Morgan fingerprint density at radius 2 is 1.83 bits per heavy atom. The Labute approximate surface area is 173 Å². The third-order valence-electron chi connectivity index (χ3n) is 4.93. The topological polar surface area (TPSA) is 75.7 Å². The van der Waals surface area contributed by atoms with Gasteiger partial charge in [0.15, 0.2) is 0 Å². The maximum atomic E-state index is 12.5. The molecule has 29 heavy (non-hydrogen) atoms. The fourth-order valence-corrected chi connectivity index (χ4v) is 4.14. The van der Waals surface area contributed by atoms with Crippen LogP contribution in [0.4, 0.5) is 0 Å². The zero-order valence-electron chi connectivity index (χ0n) is 17.9. The molecule has 2 aromatic rings. The molecular formula is C22H30N2O4S. The van der Waals surface area contributed by atoms with Crippen LogP contribution in [0.2, 0.25) is 0 Å². The number of aryl methyl sites for hydroxylation is 3. The fourth-order valence-electron chi connectivity index (χ4n) is 3.19. The van der Waals surface area contributed by atoms with Crippen LogP contribution in [0.1, 0.15) is 41.6 Å². The number of hydrogen-bond acceptors (Lipinski definition) is 4. The van der Waals surface area contributed by atoms with Crippen molar-refractivity contribution in [2.75, 3.05) is 21.2 Å². The molecule has 0 saturated carbocycles. The van der Waals surface area contributed by atoms with Crippen LogP contribution in [0.15, 0.2) is 41.3 Å². The van der Waals surface area contributed by atoms with Gasteiger partial charge in [-0.1, -0.05) is 23.8 Å². The number of ether oxygens (including phenoxy) is 1. The molecule has 0 fully saturated rings. The van der Waals surface area contributed by atoms with Gasteiger partial charge in [0.05, 0.1) is 18.0 Å². The van der Waals surface area contributed by atoms with Crippen molar-refractivity contribution in [1.29, 1.82) is 0 Å². The molecule has 0 saturated heterocycles. The van der Waals surface area contributed by atoms with Crippen molar-refractivity contribution in [2.24, 2.45) is 0 Å². The van der Waals surface area contributed by atoms with Crippen molar-refractivity contribution in [3.8, 4) is 5.75 Å². The predicted molar refractivity (Wildman–Crippen MR) is 115 cm³/mol. The standard InChI is InChI=1S/C22H30N2O4S/c1-15-7-8-16(2)20(13-15)17(3)23-22(25)12-9-18-14-19(10-11-21(18)28-6)29(26,27)24(4)5/h7-8,10-11,13-14,17H,9,12H2,1-6H3,(H,23,25)/t17-/m0/s1. The lowest BCUT2D eigenvalue weighted by atomic mass is 9.99. The summed E-state index contributed by atoms with van der Waals surface area (Å²) in [6, 6.07) is 10.8. The van der Waals surface area contributed by atoms with Crippen LogP contribution in [0.5, 0.6) is 5.75 Å². The van der Waals surface area contributed by atoms with Crippen LogP contribution in [-0.2, 0) is 21.2 Å². The van der Waals surface area contributed by atoms with E-state index in [1.807, 2.05) is 20.8 Å². The van der Waals surface area contributed by atoms with Gasteiger partial charge in [-0.3, -0.25) is 4.79 Å². The Hall–Kier alpha value is -2.38. The van der Waals surface area contributed by atoms with Gasteiger partial charge in [-0.25, -0.2) is 12.7 Å². The van der Waals surface area contributed by atoms with E-state index in [4.69, 9.17) is 4.74 Å². The molecule has 1 N–H and O–H groups in total. The number of nitrogens with one attached hydrogen (secondary N) is 1. The Balaban J connectivity index is 2.12. The zero-order valence-corrected chi connectivity index (χ0v) is 18.8. The molecule has 0 radical (unpaired) electrons. The molecule has 0 aliphatic rings. The van der Waals surface area contributed by atoms with Gasteiger partial charge in [-0.2, -0.15) is 0 Å². The number of methoxy groups -OCH3 is 1. The van der Waals surface area contributed by atoms with E-state index < -0.39 is 10.0 Å². The first-order valence-corrected chi connectivity index (χ1v) is 11.0. The monoisotopic (exact) mass is 418 g/mol. The third kappa shape index (κ3) is 5.58. The Morgan fingerprint density at radius 3 is 2.45 bits per heavy atom. The number of sulfonamides is 1. The summed E-state index contributed by atoms with van der Waals surface area (Å²) < 4.78 is 31.3. The summed E-state index contributed by atoms with van der Waals surface area (Å²) in [5.74, 6) is 0.472. The first kappa shape index (κ1) is 22.9. The van der Waals surface area contributed by atoms with Crippen molar-refractivity contribution in [2.45, 2.75) is 44.6 Å². The van der Waals surface area contributed by atoms with Crippen LogP contribution < -0.4 is 10.1 Å². The summed E-state index contributed by atoms with van der Waals surface area (Å²) in [6.45, 7) is 6.02. The summed E-state index contributed by atoms with van der Waals surface area (Å²) in [6.07, 6.45) is 0.613. The number of amides is 1. The van der Waals surface area contributed by atoms with Crippen molar-refractivity contribution in [3.05, 3.63) is 58.7 Å². The molecule has 0 heterocycles. The molecule has 0 unspecified atom stereocenters. The van der Waals surface area contributed by atoms with Gasteiger partial charge >= 0.3 is 0 Å². The van der Waals surface area contributed by atoms with Crippen molar-refractivity contribution >= 4 is 15.9 Å². The van der Waals surface area contributed by atoms with E-state index >= 15 is 0 Å². The molecule has 6 nitrogen and oxygen atoms in total. The van der Waals surface area contributed by atoms with Gasteiger partial charge in [-0.15, -0.1) is 0 Å². The van der Waals surface area contributed by atoms with E-state index in [2.05, 4.69) is 23.5 Å². The van der Waals surface area contributed by atoms with E-state index in [0.717, 1.165) is 21.0 Å². The first-order chi connectivity index (χ1) is 13.6. The maximum Gasteiger partial charge on any atom is 0.242 e. The highest BCUT2D eigenvalue weighted by molar-refractivity contribution is 7.89. The Bertz CT molecular complexity index is 984. The van der Waals surface area contributed by atoms with Crippen LogP contribution >= 0.6 is 0 Å². The first-order valence-electron chi connectivity index (χ1n) is 9.52. The van der Waals surface area contributed by atoms with Crippen LogP contribution in [0.25, 0.3) is 0 Å². The van der Waals surface area contributed by atoms with Crippen molar-refractivity contribution < 1.29 is 17.9 Å². The number of carbonyl (C=O) groups is 1. The molecule has 0 aromatic heterocycles. The smallest absolute Gasteiger partial charge is 0.242 e. The van der Waals surface area contributed by atoms with Crippen molar-refractivity contribution in [1.82, 2.24) is 9.62 Å². The molecule has 0 bridgehead atoms. The van der Waals surface area contributed by atoms with E-state index in [9.17, 15) is 13.2 Å². The summed E-state index contributed by atoms with van der Waals surface area (Å²) in [5.41, 5.74) is 4.06. The predicted octanol–water partition coefficient (Wildman–Crippen LogP) is 3.37. The number of benzene rings is 2. The fraction of sp³-hybridized carbons (Fsp3) is 0.409. The summed E-state index contributed by atoms with van der Waals surface area (Å²) in [4.78, 5) is 12.7. The molecule has 2 rings (SSSR count). The second-order valence-corrected chi connectivity index (χ2v) is 9.56. The van der Waals surface area contributed by atoms with E-state index in [1.165, 1.54) is 27.3 Å². The summed E-state index contributed by atoms with van der Waals surface area (Å²) >= 11 is 0. The minimum atomic E-state index is -3.55. The minimum Gasteiger partial charge on any atom is -0.496 e. The second-order valence-electron chi connectivity index (χ2n) is 7.41. The number of rotatable bonds is 8. The molecule has 158 valence electrons. The van der Waals surface area contributed by atoms with Crippen LogP contribution in [0.3, 0.4) is 0 Å². The second kappa shape index (κ2) is 9.41. The van der Waals surface area contributed by atoms with Gasteiger partial charge in [0, 0.05) is 20.5 Å².